The Labute approximate surface area is 273 Å². The fourth-order valence-corrected chi connectivity index (χ4v) is 7.38. The quantitative estimate of drug-likeness (QED) is 0.184. The third kappa shape index (κ3) is 4.35. The maximum Gasteiger partial charge on any atom is 0.114 e. The van der Waals surface area contributed by atoms with E-state index in [2.05, 4.69) is 162 Å². The number of nitrogens with zero attached hydrogens (tertiary/aromatic N) is 3. The molecule has 0 aliphatic heterocycles. The van der Waals surface area contributed by atoms with Crippen molar-refractivity contribution in [1.82, 2.24) is 14.5 Å². The van der Waals surface area contributed by atoms with Crippen LogP contribution >= 0.6 is 0 Å². The van der Waals surface area contributed by atoms with Crippen LogP contribution in [-0.4, -0.2) is 14.5 Å². The van der Waals surface area contributed by atoms with Crippen molar-refractivity contribution in [3.05, 3.63) is 164 Å². The lowest BCUT2D eigenvalue weighted by Gasteiger charge is -2.20. The molecule has 0 atom stereocenters. The Morgan fingerprint density at radius 2 is 1.00 bits per heavy atom. The number of aromatic nitrogens is 3. The molecule has 0 N–H and O–H groups in total. The molecule has 0 fully saturated rings. The van der Waals surface area contributed by atoms with Crippen LogP contribution in [0.15, 0.2) is 158 Å². The Kier molecular flexibility index (Phi) is 6.43. The van der Waals surface area contributed by atoms with Crippen molar-refractivity contribution in [2.45, 2.75) is 13.3 Å². The standard InChI is InChI=1S/C44H31N3/c1-2-42-46-39-17-9-10-18-41(39)47(42)40-24-23-38(32-11-3-4-12-33(32)40)44-36-15-7-5-13-34(36)43(35-14-6-8-16-37(35)44)31-21-19-29(20-22-31)30-25-27-45-28-26-30/h3-28H,2H2,1H3. The summed E-state index contributed by atoms with van der Waals surface area (Å²) in [5, 5.41) is 7.44. The summed E-state index contributed by atoms with van der Waals surface area (Å²) in [6.07, 6.45) is 4.55. The maximum absolute atomic E-state index is 5.00. The molecule has 3 nitrogen and oxygen atoms in total. The molecule has 9 rings (SSSR count). The Morgan fingerprint density at radius 1 is 0.468 bits per heavy atom. The summed E-state index contributed by atoms with van der Waals surface area (Å²) >= 11 is 0. The first kappa shape index (κ1) is 27.3. The first-order valence-electron chi connectivity index (χ1n) is 16.2. The highest BCUT2D eigenvalue weighted by molar-refractivity contribution is 6.23. The summed E-state index contributed by atoms with van der Waals surface area (Å²) in [5.74, 6) is 1.07. The van der Waals surface area contributed by atoms with Gasteiger partial charge in [0.2, 0.25) is 0 Å². The van der Waals surface area contributed by atoms with E-state index in [4.69, 9.17) is 4.98 Å². The minimum Gasteiger partial charge on any atom is -0.296 e. The van der Waals surface area contributed by atoms with Gasteiger partial charge in [-0.15, -0.1) is 0 Å². The highest BCUT2D eigenvalue weighted by atomic mass is 15.1. The number of rotatable bonds is 5. The zero-order valence-electron chi connectivity index (χ0n) is 26.1. The first-order valence-corrected chi connectivity index (χ1v) is 16.2. The Morgan fingerprint density at radius 3 is 1.66 bits per heavy atom. The van der Waals surface area contributed by atoms with Gasteiger partial charge in [0.25, 0.3) is 0 Å². The molecule has 47 heavy (non-hydrogen) atoms. The summed E-state index contributed by atoms with van der Waals surface area (Å²) < 4.78 is 2.34. The highest BCUT2D eigenvalue weighted by Gasteiger charge is 2.20. The smallest absolute Gasteiger partial charge is 0.114 e. The maximum atomic E-state index is 5.00. The van der Waals surface area contributed by atoms with Crippen LogP contribution in [0.5, 0.6) is 0 Å². The van der Waals surface area contributed by atoms with Crippen LogP contribution in [0.2, 0.25) is 0 Å². The van der Waals surface area contributed by atoms with Crippen LogP contribution in [0.25, 0.3) is 82.4 Å². The second-order valence-corrected chi connectivity index (χ2v) is 12.0. The molecule has 0 saturated carbocycles. The Bertz CT molecular complexity index is 2540. The monoisotopic (exact) mass is 601 g/mol. The summed E-state index contributed by atoms with van der Waals surface area (Å²) in [6, 6.07) is 52.7. The van der Waals surface area contributed by atoms with Crippen LogP contribution in [-0.2, 0) is 6.42 Å². The summed E-state index contributed by atoms with van der Waals surface area (Å²) in [4.78, 5) is 9.19. The van der Waals surface area contributed by atoms with Gasteiger partial charge in [0.1, 0.15) is 5.82 Å². The van der Waals surface area contributed by atoms with Crippen molar-refractivity contribution in [2.75, 3.05) is 0 Å². The molecule has 2 heterocycles. The van der Waals surface area contributed by atoms with Crippen molar-refractivity contribution in [3.63, 3.8) is 0 Å². The van der Waals surface area contributed by atoms with E-state index in [0.29, 0.717) is 0 Å². The van der Waals surface area contributed by atoms with E-state index in [1.807, 2.05) is 12.4 Å². The minimum absolute atomic E-state index is 0.852. The average Bonchev–Trinajstić information content (AvgIpc) is 3.52. The largest absolute Gasteiger partial charge is 0.296 e. The van der Waals surface area contributed by atoms with Crippen LogP contribution in [0.1, 0.15) is 12.7 Å². The van der Waals surface area contributed by atoms with Crippen molar-refractivity contribution in [2.24, 2.45) is 0 Å². The normalized spacial score (nSPS) is 11.6. The molecule has 0 bridgehead atoms. The van der Waals surface area contributed by atoms with Gasteiger partial charge in [-0.25, -0.2) is 4.98 Å². The third-order valence-corrected chi connectivity index (χ3v) is 9.48. The molecule has 0 unspecified atom stereocenters. The highest BCUT2D eigenvalue weighted by Crippen LogP contribution is 2.46. The van der Waals surface area contributed by atoms with Gasteiger partial charge in [-0.05, 0) is 90.6 Å². The number of aryl methyl sites for hydroxylation is 1. The predicted octanol–water partition coefficient (Wildman–Crippen LogP) is 11.4. The van der Waals surface area contributed by atoms with E-state index < -0.39 is 0 Å². The van der Waals surface area contributed by atoms with Gasteiger partial charge in [-0.1, -0.05) is 122 Å². The van der Waals surface area contributed by atoms with E-state index in [1.165, 1.54) is 65.7 Å². The van der Waals surface area contributed by atoms with Gasteiger partial charge in [0.05, 0.1) is 16.7 Å². The van der Waals surface area contributed by atoms with Crippen LogP contribution in [0.4, 0.5) is 0 Å². The molecule has 222 valence electrons. The van der Waals surface area contributed by atoms with E-state index in [0.717, 1.165) is 29.0 Å². The van der Waals surface area contributed by atoms with Crippen molar-refractivity contribution < 1.29 is 0 Å². The van der Waals surface area contributed by atoms with Gasteiger partial charge in [-0.3, -0.25) is 9.55 Å². The SMILES string of the molecule is CCc1nc2ccccc2n1-c1ccc(-c2c3ccccc3c(-c3ccc(-c4ccncc4)cc3)c3ccccc23)c2ccccc12. The minimum atomic E-state index is 0.852. The number of hydrogen-bond acceptors (Lipinski definition) is 2. The lowest BCUT2D eigenvalue weighted by atomic mass is 9.84. The molecule has 3 heteroatoms. The number of benzene rings is 7. The number of imidazole rings is 1. The van der Waals surface area contributed by atoms with E-state index in [-0.39, 0.29) is 0 Å². The molecule has 0 radical (unpaired) electrons. The topological polar surface area (TPSA) is 30.7 Å². The van der Waals surface area contributed by atoms with Crippen molar-refractivity contribution in [3.8, 4) is 39.1 Å². The van der Waals surface area contributed by atoms with Crippen LogP contribution < -0.4 is 0 Å². The van der Waals surface area contributed by atoms with Gasteiger partial charge >= 0.3 is 0 Å². The second-order valence-electron chi connectivity index (χ2n) is 12.0. The van der Waals surface area contributed by atoms with Crippen molar-refractivity contribution in [1.29, 1.82) is 0 Å². The van der Waals surface area contributed by atoms with Gasteiger partial charge in [0.15, 0.2) is 0 Å². The molecule has 0 amide bonds. The van der Waals surface area contributed by atoms with E-state index in [1.54, 1.807) is 0 Å². The number of fused-ring (bicyclic) bond motifs is 4. The molecule has 2 aromatic heterocycles. The second kappa shape index (κ2) is 11.1. The van der Waals surface area contributed by atoms with Gasteiger partial charge in [0, 0.05) is 24.2 Å². The zero-order valence-corrected chi connectivity index (χ0v) is 26.1. The summed E-state index contributed by atoms with van der Waals surface area (Å²) in [5.41, 5.74) is 10.7. The third-order valence-electron chi connectivity index (χ3n) is 9.48. The molecule has 0 saturated heterocycles. The molecule has 0 aliphatic rings. The van der Waals surface area contributed by atoms with E-state index in [9.17, 15) is 0 Å². The Hall–Kier alpha value is -6.06. The zero-order chi connectivity index (χ0) is 31.3. The van der Waals surface area contributed by atoms with Crippen LogP contribution in [0, 0.1) is 0 Å². The summed E-state index contributed by atoms with van der Waals surface area (Å²) in [7, 11) is 0. The lowest BCUT2D eigenvalue weighted by Crippen LogP contribution is -2.01. The van der Waals surface area contributed by atoms with Gasteiger partial charge < -0.3 is 0 Å². The molecule has 0 aliphatic carbocycles. The first-order chi connectivity index (χ1) is 23.3. The van der Waals surface area contributed by atoms with Gasteiger partial charge in [-0.2, -0.15) is 0 Å². The number of pyridine rings is 1. The Balaban J connectivity index is 1.31. The number of para-hydroxylation sites is 2. The van der Waals surface area contributed by atoms with Crippen LogP contribution in [0.3, 0.4) is 0 Å². The van der Waals surface area contributed by atoms with Crippen molar-refractivity contribution >= 4 is 43.4 Å². The predicted molar refractivity (Wildman–Crippen MR) is 197 cm³/mol. The lowest BCUT2D eigenvalue weighted by molar-refractivity contribution is 0.913. The molecule has 9 aromatic rings. The molecular formula is C44H31N3. The van der Waals surface area contributed by atoms with E-state index >= 15 is 0 Å². The molecule has 0 spiro atoms. The fraction of sp³-hybridized carbons (Fsp3) is 0.0455. The number of hydrogen-bond donors (Lipinski definition) is 0. The molecule has 7 aromatic carbocycles. The summed E-state index contributed by atoms with van der Waals surface area (Å²) in [6.45, 7) is 2.18. The molecular weight excluding hydrogens is 571 g/mol. The fourth-order valence-electron chi connectivity index (χ4n) is 7.38. The average molecular weight is 602 g/mol.